The number of carboxylic acid groups (broad SMARTS) is 1. The molecule has 5 nitrogen and oxygen atoms in total. The van der Waals surface area contributed by atoms with Crippen LogP contribution >= 0.6 is 11.8 Å². The van der Waals surface area contributed by atoms with Gasteiger partial charge in [-0.3, -0.25) is 9.59 Å². The van der Waals surface area contributed by atoms with Crippen molar-refractivity contribution < 1.29 is 9.90 Å². The highest BCUT2D eigenvalue weighted by atomic mass is 32.2. The van der Waals surface area contributed by atoms with Gasteiger partial charge in [-0.05, 0) is 18.9 Å². The molecule has 2 N–H and O–H groups in total. The van der Waals surface area contributed by atoms with E-state index in [-0.39, 0.29) is 5.56 Å². The van der Waals surface area contributed by atoms with Crippen molar-refractivity contribution in [3.05, 3.63) is 57.5 Å². The summed E-state index contributed by atoms with van der Waals surface area (Å²) in [6.45, 7) is 3.57. The lowest BCUT2D eigenvalue weighted by Gasteiger charge is -2.10. The summed E-state index contributed by atoms with van der Waals surface area (Å²) in [4.78, 5) is 30.4. The monoisotopic (exact) mass is 318 g/mol. The maximum atomic E-state index is 12.2. The maximum Gasteiger partial charge on any atom is 0.317 e. The van der Waals surface area contributed by atoms with E-state index in [4.69, 9.17) is 5.11 Å². The minimum atomic E-state index is -0.902. The summed E-state index contributed by atoms with van der Waals surface area (Å²) in [5, 5.41) is 8.83. The van der Waals surface area contributed by atoms with Gasteiger partial charge < -0.3 is 10.1 Å². The van der Waals surface area contributed by atoms with Crippen LogP contribution < -0.4 is 5.56 Å². The number of rotatable bonds is 6. The van der Waals surface area contributed by atoms with Crippen LogP contribution in [0, 0.1) is 6.92 Å². The molecule has 1 aromatic heterocycles. The van der Waals surface area contributed by atoms with Gasteiger partial charge in [0.05, 0.1) is 0 Å². The van der Waals surface area contributed by atoms with E-state index in [0.29, 0.717) is 29.3 Å². The normalized spacial score (nSPS) is 12.1. The zero-order chi connectivity index (χ0) is 16.1. The topological polar surface area (TPSA) is 83.0 Å². The number of thioether (sulfide) groups is 1. The molecule has 0 amide bonds. The van der Waals surface area contributed by atoms with Gasteiger partial charge in [0.15, 0.2) is 5.16 Å². The fraction of sp³-hybridized carbons (Fsp3) is 0.312. The number of aliphatic carboxylic acids is 1. The standard InChI is InChI=1S/C16H18N2O3S/c1-3-13(15(20)21)22-16-17-10(2)12(14(19)18-16)9-11-7-5-4-6-8-11/h4-8,13H,3,9H2,1-2H3,(H,20,21)(H,17,18,19). The highest BCUT2D eigenvalue weighted by Gasteiger charge is 2.19. The van der Waals surface area contributed by atoms with Gasteiger partial charge in [-0.2, -0.15) is 0 Å². The van der Waals surface area contributed by atoms with Crippen LogP contribution in [-0.2, 0) is 11.2 Å². The van der Waals surface area contributed by atoms with E-state index in [0.717, 1.165) is 17.3 Å². The van der Waals surface area contributed by atoms with Crippen molar-refractivity contribution in [3.8, 4) is 0 Å². The summed E-state index contributed by atoms with van der Waals surface area (Å²) < 4.78 is 0. The summed E-state index contributed by atoms with van der Waals surface area (Å²) in [6, 6.07) is 9.69. The molecular weight excluding hydrogens is 300 g/mol. The molecule has 0 aliphatic rings. The van der Waals surface area contributed by atoms with Gasteiger partial charge in [0, 0.05) is 17.7 Å². The van der Waals surface area contributed by atoms with Gasteiger partial charge in [-0.1, -0.05) is 49.0 Å². The Hall–Kier alpha value is -2.08. The Kier molecular flexibility index (Phi) is 5.38. The molecule has 1 atom stereocenters. The highest BCUT2D eigenvalue weighted by Crippen LogP contribution is 2.22. The predicted molar refractivity (Wildman–Crippen MR) is 86.4 cm³/mol. The van der Waals surface area contributed by atoms with E-state index in [1.807, 2.05) is 30.3 Å². The molecule has 1 aromatic carbocycles. The second-order valence-electron chi connectivity index (χ2n) is 4.95. The zero-order valence-electron chi connectivity index (χ0n) is 12.5. The third-order valence-corrected chi connectivity index (χ3v) is 4.56. The van der Waals surface area contributed by atoms with E-state index in [1.54, 1.807) is 13.8 Å². The molecule has 0 saturated heterocycles. The first kappa shape index (κ1) is 16.3. The third-order valence-electron chi connectivity index (χ3n) is 3.32. The Bertz CT molecular complexity index is 713. The molecule has 1 unspecified atom stereocenters. The van der Waals surface area contributed by atoms with Crippen molar-refractivity contribution in [2.75, 3.05) is 0 Å². The fourth-order valence-corrected chi connectivity index (χ4v) is 2.97. The molecule has 22 heavy (non-hydrogen) atoms. The van der Waals surface area contributed by atoms with Crippen molar-refractivity contribution in [3.63, 3.8) is 0 Å². The quantitative estimate of drug-likeness (QED) is 0.632. The number of carbonyl (C=O) groups is 1. The Morgan fingerprint density at radius 1 is 1.36 bits per heavy atom. The Labute approximate surface area is 132 Å². The van der Waals surface area contributed by atoms with E-state index in [1.165, 1.54) is 0 Å². The third kappa shape index (κ3) is 3.98. The second kappa shape index (κ2) is 7.26. The number of nitrogens with zero attached hydrogens (tertiary/aromatic N) is 1. The van der Waals surface area contributed by atoms with Crippen LogP contribution in [0.4, 0.5) is 0 Å². The van der Waals surface area contributed by atoms with Crippen LogP contribution in [0.1, 0.15) is 30.2 Å². The van der Waals surface area contributed by atoms with E-state index >= 15 is 0 Å². The molecule has 116 valence electrons. The first-order valence-electron chi connectivity index (χ1n) is 7.04. The number of aryl methyl sites for hydroxylation is 1. The summed E-state index contributed by atoms with van der Waals surface area (Å²) in [7, 11) is 0. The molecule has 2 rings (SSSR count). The number of carboxylic acids is 1. The average molecular weight is 318 g/mol. The zero-order valence-corrected chi connectivity index (χ0v) is 13.3. The van der Waals surface area contributed by atoms with Gasteiger partial charge in [-0.15, -0.1) is 0 Å². The van der Waals surface area contributed by atoms with Crippen molar-refractivity contribution in [1.82, 2.24) is 9.97 Å². The second-order valence-corrected chi connectivity index (χ2v) is 6.14. The maximum absolute atomic E-state index is 12.2. The van der Waals surface area contributed by atoms with Crippen LogP contribution in [-0.4, -0.2) is 26.3 Å². The molecule has 1 heterocycles. The number of hydrogen-bond acceptors (Lipinski definition) is 4. The Morgan fingerprint density at radius 3 is 2.59 bits per heavy atom. The summed E-state index contributed by atoms with van der Waals surface area (Å²) in [5.41, 5.74) is 2.07. The number of H-pyrrole nitrogens is 1. The first-order valence-corrected chi connectivity index (χ1v) is 7.92. The van der Waals surface area contributed by atoms with Crippen molar-refractivity contribution >= 4 is 17.7 Å². The number of aromatic nitrogens is 2. The molecule has 0 bridgehead atoms. The Balaban J connectivity index is 2.25. The molecule has 0 aliphatic heterocycles. The minimum absolute atomic E-state index is 0.209. The number of nitrogens with one attached hydrogen (secondary N) is 1. The smallest absolute Gasteiger partial charge is 0.317 e. The minimum Gasteiger partial charge on any atom is -0.480 e. The van der Waals surface area contributed by atoms with Crippen LogP contribution in [0.25, 0.3) is 0 Å². The van der Waals surface area contributed by atoms with Crippen LogP contribution in [0.5, 0.6) is 0 Å². The molecule has 0 radical (unpaired) electrons. The number of benzene rings is 1. The predicted octanol–water partition coefficient (Wildman–Crippen LogP) is 2.62. The van der Waals surface area contributed by atoms with Crippen LogP contribution in [0.3, 0.4) is 0 Å². The Morgan fingerprint density at radius 2 is 2.05 bits per heavy atom. The van der Waals surface area contributed by atoms with E-state index in [2.05, 4.69) is 9.97 Å². The number of aromatic amines is 1. The SMILES string of the molecule is CCC(Sc1nc(C)c(Cc2ccccc2)c(=O)[nH]1)C(=O)O. The average Bonchev–Trinajstić information content (AvgIpc) is 2.49. The van der Waals surface area contributed by atoms with E-state index < -0.39 is 11.2 Å². The highest BCUT2D eigenvalue weighted by molar-refractivity contribution is 8.00. The molecule has 0 fully saturated rings. The van der Waals surface area contributed by atoms with Gasteiger partial charge in [0.2, 0.25) is 0 Å². The van der Waals surface area contributed by atoms with Crippen LogP contribution in [0.15, 0.2) is 40.3 Å². The molecular formula is C16H18N2O3S. The summed E-state index contributed by atoms with van der Waals surface area (Å²) >= 11 is 1.07. The van der Waals surface area contributed by atoms with Crippen molar-refractivity contribution in [2.24, 2.45) is 0 Å². The lowest BCUT2D eigenvalue weighted by atomic mass is 10.1. The van der Waals surface area contributed by atoms with E-state index in [9.17, 15) is 9.59 Å². The summed E-state index contributed by atoms with van der Waals surface area (Å²) in [6.07, 6.45) is 0.977. The number of hydrogen-bond donors (Lipinski definition) is 2. The van der Waals surface area contributed by atoms with Gasteiger partial charge >= 0.3 is 5.97 Å². The van der Waals surface area contributed by atoms with Gasteiger partial charge in [0.1, 0.15) is 5.25 Å². The lowest BCUT2D eigenvalue weighted by Crippen LogP contribution is -2.20. The lowest BCUT2D eigenvalue weighted by molar-refractivity contribution is -0.136. The van der Waals surface area contributed by atoms with Gasteiger partial charge in [-0.25, -0.2) is 4.98 Å². The van der Waals surface area contributed by atoms with Crippen molar-refractivity contribution in [1.29, 1.82) is 0 Å². The van der Waals surface area contributed by atoms with Crippen LogP contribution in [0.2, 0.25) is 0 Å². The largest absolute Gasteiger partial charge is 0.480 e. The molecule has 0 spiro atoms. The van der Waals surface area contributed by atoms with Gasteiger partial charge in [0.25, 0.3) is 5.56 Å². The summed E-state index contributed by atoms with van der Waals surface area (Å²) in [5.74, 6) is -0.902. The molecule has 0 saturated carbocycles. The fourth-order valence-electron chi connectivity index (χ4n) is 2.09. The first-order chi connectivity index (χ1) is 10.5. The van der Waals surface area contributed by atoms with Crippen molar-refractivity contribution in [2.45, 2.75) is 37.1 Å². The molecule has 0 aliphatic carbocycles. The molecule has 6 heteroatoms. The molecule has 2 aromatic rings.